The van der Waals surface area contributed by atoms with Crippen LogP contribution in [0.4, 0.5) is 9.93 Å². The van der Waals surface area contributed by atoms with Gasteiger partial charge in [-0.3, -0.25) is 30.6 Å². The number of carbonyl (C=O) groups excluding carboxylic acids is 3. The number of aromatic nitrogens is 1. The SMILES string of the molecule is O=C(C[C@H]1SC(=O)NC1=O)NNc1nc2ccccc2s1. The van der Waals surface area contributed by atoms with Gasteiger partial charge in [0.2, 0.25) is 16.9 Å². The van der Waals surface area contributed by atoms with Crippen LogP contribution in [0.2, 0.25) is 0 Å². The van der Waals surface area contributed by atoms with E-state index in [0.29, 0.717) is 5.13 Å². The number of rotatable bonds is 4. The van der Waals surface area contributed by atoms with E-state index in [-0.39, 0.29) is 12.3 Å². The number of thioether (sulfide) groups is 1. The average molecular weight is 322 g/mol. The Balaban J connectivity index is 1.56. The maximum atomic E-state index is 11.7. The minimum atomic E-state index is -0.672. The Morgan fingerprint density at radius 1 is 1.33 bits per heavy atom. The predicted octanol–water partition coefficient (Wildman–Crippen LogP) is 1.48. The lowest BCUT2D eigenvalue weighted by Gasteiger charge is -2.07. The van der Waals surface area contributed by atoms with E-state index >= 15 is 0 Å². The van der Waals surface area contributed by atoms with Gasteiger partial charge in [0.05, 0.1) is 10.2 Å². The third-order valence-corrected chi connectivity index (χ3v) is 4.67. The number of nitrogens with zero attached hydrogens (tertiary/aromatic N) is 1. The van der Waals surface area contributed by atoms with Crippen LogP contribution in [0.25, 0.3) is 10.2 Å². The van der Waals surface area contributed by atoms with E-state index in [1.807, 2.05) is 24.3 Å². The van der Waals surface area contributed by atoms with Crippen LogP contribution in [-0.4, -0.2) is 27.3 Å². The zero-order chi connectivity index (χ0) is 14.8. The van der Waals surface area contributed by atoms with Crippen LogP contribution in [0.3, 0.4) is 0 Å². The van der Waals surface area contributed by atoms with E-state index in [0.717, 1.165) is 22.0 Å². The second-order valence-electron chi connectivity index (χ2n) is 4.25. The number of benzene rings is 1. The van der Waals surface area contributed by atoms with Crippen molar-refractivity contribution >= 4 is 55.5 Å². The average Bonchev–Trinajstić information content (AvgIpc) is 2.99. The number of nitrogens with one attached hydrogen (secondary N) is 3. The summed E-state index contributed by atoms with van der Waals surface area (Å²) in [4.78, 5) is 38.4. The largest absolute Gasteiger partial charge is 0.286 e. The highest BCUT2D eigenvalue weighted by Gasteiger charge is 2.33. The summed E-state index contributed by atoms with van der Waals surface area (Å²) >= 11 is 2.23. The molecule has 3 rings (SSSR count). The van der Waals surface area contributed by atoms with Crippen molar-refractivity contribution in [3.8, 4) is 0 Å². The zero-order valence-corrected chi connectivity index (χ0v) is 12.2. The second kappa shape index (κ2) is 5.70. The molecule has 0 spiro atoms. The van der Waals surface area contributed by atoms with Crippen molar-refractivity contribution < 1.29 is 14.4 Å². The third-order valence-electron chi connectivity index (χ3n) is 2.74. The molecule has 0 bridgehead atoms. The lowest BCUT2D eigenvalue weighted by Crippen LogP contribution is -2.34. The molecule has 21 heavy (non-hydrogen) atoms. The van der Waals surface area contributed by atoms with Gasteiger partial charge in [-0.1, -0.05) is 35.2 Å². The first-order chi connectivity index (χ1) is 10.1. The summed E-state index contributed by atoms with van der Waals surface area (Å²) in [6, 6.07) is 7.61. The zero-order valence-electron chi connectivity index (χ0n) is 10.6. The molecule has 0 saturated carbocycles. The first kappa shape index (κ1) is 13.8. The maximum Gasteiger partial charge on any atom is 0.286 e. The maximum absolute atomic E-state index is 11.7. The molecule has 108 valence electrons. The number of fused-ring (bicyclic) bond motifs is 1. The minimum absolute atomic E-state index is 0.0693. The number of para-hydroxylation sites is 1. The quantitative estimate of drug-likeness (QED) is 0.737. The van der Waals surface area contributed by atoms with E-state index in [1.165, 1.54) is 11.3 Å². The van der Waals surface area contributed by atoms with Crippen molar-refractivity contribution in [2.24, 2.45) is 0 Å². The number of thiazole rings is 1. The molecule has 1 aromatic heterocycles. The molecule has 0 aliphatic carbocycles. The summed E-state index contributed by atoms with van der Waals surface area (Å²) in [5.41, 5.74) is 6.04. The Hall–Kier alpha value is -2.13. The van der Waals surface area contributed by atoms with Gasteiger partial charge in [-0.2, -0.15) is 0 Å². The Labute approximate surface area is 127 Å². The smallest absolute Gasteiger partial charge is 0.286 e. The lowest BCUT2D eigenvalue weighted by molar-refractivity contribution is -0.124. The Morgan fingerprint density at radius 3 is 2.86 bits per heavy atom. The highest BCUT2D eigenvalue weighted by molar-refractivity contribution is 8.15. The van der Waals surface area contributed by atoms with Crippen molar-refractivity contribution in [3.63, 3.8) is 0 Å². The molecule has 7 nitrogen and oxygen atoms in total. The fourth-order valence-corrected chi connectivity index (χ4v) is 3.43. The van der Waals surface area contributed by atoms with Crippen LogP contribution in [0.15, 0.2) is 24.3 Å². The molecular formula is C12H10N4O3S2. The van der Waals surface area contributed by atoms with Crippen LogP contribution in [-0.2, 0) is 9.59 Å². The molecule has 1 atom stereocenters. The highest BCUT2D eigenvalue weighted by atomic mass is 32.2. The van der Waals surface area contributed by atoms with Gasteiger partial charge in [-0.15, -0.1) is 0 Å². The molecule has 0 radical (unpaired) electrons. The van der Waals surface area contributed by atoms with Gasteiger partial charge in [0.15, 0.2) is 0 Å². The molecule has 1 saturated heterocycles. The number of amides is 3. The predicted molar refractivity (Wildman–Crippen MR) is 80.9 cm³/mol. The summed E-state index contributed by atoms with van der Waals surface area (Å²) in [6.07, 6.45) is -0.0693. The van der Waals surface area contributed by atoms with E-state index in [1.54, 1.807) is 0 Å². The van der Waals surface area contributed by atoms with Crippen molar-refractivity contribution in [2.75, 3.05) is 5.43 Å². The number of hydrogen-bond acceptors (Lipinski definition) is 7. The first-order valence-corrected chi connectivity index (χ1v) is 7.73. The van der Waals surface area contributed by atoms with Crippen LogP contribution >= 0.6 is 23.1 Å². The Morgan fingerprint density at radius 2 is 2.14 bits per heavy atom. The Kier molecular flexibility index (Phi) is 3.76. The molecule has 3 N–H and O–H groups in total. The van der Waals surface area contributed by atoms with Crippen molar-refractivity contribution in [3.05, 3.63) is 24.3 Å². The normalized spacial score (nSPS) is 17.8. The van der Waals surface area contributed by atoms with E-state index in [2.05, 4.69) is 21.2 Å². The summed E-state index contributed by atoms with van der Waals surface area (Å²) in [5.74, 6) is -0.809. The molecule has 1 fully saturated rings. The van der Waals surface area contributed by atoms with Crippen LogP contribution < -0.4 is 16.2 Å². The van der Waals surface area contributed by atoms with Gasteiger partial charge in [0.1, 0.15) is 5.25 Å². The van der Waals surface area contributed by atoms with Crippen LogP contribution in [0, 0.1) is 0 Å². The van der Waals surface area contributed by atoms with E-state index in [4.69, 9.17) is 0 Å². The van der Waals surface area contributed by atoms with Gasteiger partial charge in [-0.05, 0) is 12.1 Å². The fraction of sp³-hybridized carbons (Fsp3) is 0.167. The van der Waals surface area contributed by atoms with Gasteiger partial charge in [0.25, 0.3) is 5.24 Å². The minimum Gasteiger partial charge on any atom is -0.286 e. The van der Waals surface area contributed by atoms with Gasteiger partial charge in [0, 0.05) is 6.42 Å². The van der Waals surface area contributed by atoms with Gasteiger partial charge >= 0.3 is 0 Å². The molecule has 0 unspecified atom stereocenters. The van der Waals surface area contributed by atoms with Crippen LogP contribution in [0.5, 0.6) is 0 Å². The van der Waals surface area contributed by atoms with E-state index < -0.39 is 16.4 Å². The molecule has 2 aromatic rings. The molecule has 1 aromatic carbocycles. The Bertz CT molecular complexity index is 697. The molecular weight excluding hydrogens is 312 g/mol. The number of hydrazine groups is 1. The molecule has 1 aliphatic rings. The number of carbonyl (C=O) groups is 3. The summed E-state index contributed by atoms with van der Waals surface area (Å²) < 4.78 is 1.01. The van der Waals surface area contributed by atoms with Gasteiger partial charge in [-0.25, -0.2) is 4.98 Å². The summed E-state index contributed by atoms with van der Waals surface area (Å²) in [5, 5.41) is 1.61. The van der Waals surface area contributed by atoms with Crippen molar-refractivity contribution in [1.29, 1.82) is 0 Å². The molecule has 2 heterocycles. The van der Waals surface area contributed by atoms with Crippen LogP contribution in [0.1, 0.15) is 6.42 Å². The lowest BCUT2D eigenvalue weighted by atomic mass is 10.3. The van der Waals surface area contributed by atoms with Gasteiger partial charge < -0.3 is 0 Å². The second-order valence-corrected chi connectivity index (χ2v) is 6.45. The number of imide groups is 1. The molecule has 1 aliphatic heterocycles. The third kappa shape index (κ3) is 3.14. The van der Waals surface area contributed by atoms with Crippen molar-refractivity contribution in [2.45, 2.75) is 11.7 Å². The molecule has 3 amide bonds. The topological polar surface area (TPSA) is 100 Å². The number of hydrogen-bond donors (Lipinski definition) is 3. The first-order valence-electron chi connectivity index (χ1n) is 6.04. The van der Waals surface area contributed by atoms with Crippen molar-refractivity contribution in [1.82, 2.24) is 15.7 Å². The fourth-order valence-electron chi connectivity index (χ4n) is 1.80. The summed E-state index contributed by atoms with van der Waals surface area (Å²) in [6.45, 7) is 0. The van der Waals surface area contributed by atoms with E-state index in [9.17, 15) is 14.4 Å². The standard InChI is InChI=1S/C12H10N4O3S2/c17-9(5-8-10(18)14-12(19)21-8)15-16-11-13-6-3-1-2-4-7(6)20-11/h1-4,8H,5H2,(H,13,16)(H,15,17)(H,14,18,19)/t8-/m1/s1. The molecule has 9 heteroatoms. The summed E-state index contributed by atoms with van der Waals surface area (Å²) in [7, 11) is 0. The number of anilines is 1. The monoisotopic (exact) mass is 322 g/mol. The highest BCUT2D eigenvalue weighted by Crippen LogP contribution is 2.25.